The van der Waals surface area contributed by atoms with Crippen LogP contribution in [0, 0.1) is 11.3 Å². The summed E-state index contributed by atoms with van der Waals surface area (Å²) in [6.45, 7) is 0.435. The second-order valence-corrected chi connectivity index (χ2v) is 6.41. The summed E-state index contributed by atoms with van der Waals surface area (Å²) in [5.41, 5.74) is 0.957. The van der Waals surface area contributed by atoms with Crippen molar-refractivity contribution >= 4 is 38.6 Å². The van der Waals surface area contributed by atoms with E-state index in [9.17, 15) is 9.59 Å². The summed E-state index contributed by atoms with van der Waals surface area (Å²) in [6.07, 6.45) is 1.51. The summed E-state index contributed by atoms with van der Waals surface area (Å²) in [4.78, 5) is 30.2. The van der Waals surface area contributed by atoms with Crippen LogP contribution in [0.3, 0.4) is 0 Å². The maximum Gasteiger partial charge on any atom is 0.270 e. The van der Waals surface area contributed by atoms with Crippen molar-refractivity contribution in [3.8, 4) is 6.07 Å². The third kappa shape index (κ3) is 3.24. The quantitative estimate of drug-likeness (QED) is 0.875. The van der Waals surface area contributed by atoms with Gasteiger partial charge >= 0.3 is 0 Å². The second kappa shape index (κ2) is 6.97. The Balaban J connectivity index is 1.67. The monoisotopic (exact) mass is 386 g/mol. The zero-order valence-electron chi connectivity index (χ0n) is 12.8. The fourth-order valence-electron chi connectivity index (χ4n) is 2.79. The Hall–Kier alpha value is -2.46. The molecule has 1 fully saturated rings. The first kappa shape index (κ1) is 16.4. The highest BCUT2D eigenvalue weighted by atomic mass is 79.9. The van der Waals surface area contributed by atoms with Crippen molar-refractivity contribution in [2.45, 2.75) is 18.9 Å². The molecule has 1 aliphatic heterocycles. The van der Waals surface area contributed by atoms with Gasteiger partial charge in [-0.3, -0.25) is 9.59 Å². The molecule has 122 valence electrons. The van der Waals surface area contributed by atoms with E-state index in [-0.39, 0.29) is 24.2 Å². The van der Waals surface area contributed by atoms with Gasteiger partial charge < -0.3 is 10.2 Å². The molecule has 1 aliphatic rings. The standard InChI is InChI=1S/C17H15BrN4O2/c18-13-4-1-5-14-12(13)6-7-15(21-14)17(24)20-10-16(23)22-8-2-3-11(22)9-19/h1,4-7,11H,2-3,8,10H2,(H,20,24). The molecule has 0 bridgehead atoms. The number of likely N-dealkylation sites (tertiary alicyclic amines) is 1. The number of amides is 2. The summed E-state index contributed by atoms with van der Waals surface area (Å²) in [5.74, 6) is -0.645. The molecule has 0 radical (unpaired) electrons. The number of nitrogens with one attached hydrogen (secondary N) is 1. The molecule has 0 aliphatic carbocycles. The predicted octanol–water partition coefficient (Wildman–Crippen LogP) is 2.24. The fraction of sp³-hybridized carbons (Fsp3) is 0.294. The lowest BCUT2D eigenvalue weighted by Gasteiger charge is -2.19. The first-order valence-corrected chi connectivity index (χ1v) is 8.42. The van der Waals surface area contributed by atoms with Crippen molar-refractivity contribution in [2.75, 3.05) is 13.1 Å². The van der Waals surface area contributed by atoms with Crippen LogP contribution in [-0.4, -0.2) is 40.8 Å². The zero-order chi connectivity index (χ0) is 17.1. The third-order valence-corrected chi connectivity index (χ3v) is 4.73. The van der Waals surface area contributed by atoms with Crippen LogP contribution in [-0.2, 0) is 4.79 Å². The Morgan fingerprint density at radius 1 is 1.38 bits per heavy atom. The summed E-state index contributed by atoms with van der Waals surface area (Å²) >= 11 is 3.44. The third-order valence-electron chi connectivity index (χ3n) is 4.03. The Morgan fingerprint density at radius 2 is 2.21 bits per heavy atom. The number of fused-ring (bicyclic) bond motifs is 1. The van der Waals surface area contributed by atoms with Gasteiger partial charge in [-0.05, 0) is 37.1 Å². The van der Waals surface area contributed by atoms with Gasteiger partial charge in [0.2, 0.25) is 5.91 Å². The average Bonchev–Trinajstić information content (AvgIpc) is 3.08. The van der Waals surface area contributed by atoms with Crippen molar-refractivity contribution in [1.29, 1.82) is 5.26 Å². The van der Waals surface area contributed by atoms with E-state index in [1.54, 1.807) is 6.07 Å². The molecular formula is C17H15BrN4O2. The minimum Gasteiger partial charge on any atom is -0.342 e. The Labute approximate surface area is 147 Å². The molecule has 1 saturated heterocycles. The van der Waals surface area contributed by atoms with Gasteiger partial charge in [-0.15, -0.1) is 0 Å². The largest absolute Gasteiger partial charge is 0.342 e. The lowest BCUT2D eigenvalue weighted by Crippen LogP contribution is -2.42. The van der Waals surface area contributed by atoms with Crippen molar-refractivity contribution in [1.82, 2.24) is 15.2 Å². The highest BCUT2D eigenvalue weighted by Crippen LogP contribution is 2.22. The molecule has 1 aromatic heterocycles. The molecule has 2 heterocycles. The van der Waals surface area contributed by atoms with Crippen LogP contribution < -0.4 is 5.32 Å². The van der Waals surface area contributed by atoms with Crippen LogP contribution >= 0.6 is 15.9 Å². The second-order valence-electron chi connectivity index (χ2n) is 5.56. The number of carbonyl (C=O) groups is 2. The van der Waals surface area contributed by atoms with E-state index in [0.29, 0.717) is 18.5 Å². The average molecular weight is 387 g/mol. The normalized spacial score (nSPS) is 16.8. The summed E-state index contributed by atoms with van der Waals surface area (Å²) < 4.78 is 0.909. The first-order valence-electron chi connectivity index (χ1n) is 7.62. The molecule has 1 aromatic carbocycles. The van der Waals surface area contributed by atoms with Gasteiger partial charge in [-0.1, -0.05) is 22.0 Å². The number of pyridine rings is 1. The molecule has 1 atom stereocenters. The number of nitrogens with zero attached hydrogens (tertiary/aromatic N) is 3. The molecule has 2 amide bonds. The summed E-state index contributed by atoms with van der Waals surface area (Å²) in [7, 11) is 0. The van der Waals surface area contributed by atoms with Crippen LogP contribution in [0.15, 0.2) is 34.8 Å². The fourth-order valence-corrected chi connectivity index (χ4v) is 3.28. The van der Waals surface area contributed by atoms with Crippen LogP contribution in [0.4, 0.5) is 0 Å². The minimum absolute atomic E-state index is 0.130. The molecule has 1 unspecified atom stereocenters. The molecule has 6 nitrogen and oxygen atoms in total. The van der Waals surface area contributed by atoms with Gasteiger partial charge in [-0.25, -0.2) is 4.98 Å². The lowest BCUT2D eigenvalue weighted by atomic mass is 10.2. The predicted molar refractivity (Wildman–Crippen MR) is 92.1 cm³/mol. The van der Waals surface area contributed by atoms with Crippen molar-refractivity contribution in [2.24, 2.45) is 0 Å². The van der Waals surface area contributed by atoms with Gasteiger partial charge in [0, 0.05) is 16.4 Å². The highest BCUT2D eigenvalue weighted by Gasteiger charge is 2.28. The van der Waals surface area contributed by atoms with E-state index < -0.39 is 5.91 Å². The summed E-state index contributed by atoms with van der Waals surface area (Å²) in [5, 5.41) is 12.5. The molecule has 1 N–H and O–H groups in total. The number of hydrogen-bond donors (Lipinski definition) is 1. The first-order chi connectivity index (χ1) is 11.6. The number of nitriles is 1. The van der Waals surface area contributed by atoms with Crippen LogP contribution in [0.2, 0.25) is 0 Å². The van der Waals surface area contributed by atoms with Crippen molar-refractivity contribution in [3.05, 3.63) is 40.5 Å². The maximum atomic E-state index is 12.2. The van der Waals surface area contributed by atoms with Gasteiger partial charge in [-0.2, -0.15) is 5.26 Å². The smallest absolute Gasteiger partial charge is 0.270 e. The maximum absolute atomic E-state index is 12.2. The van der Waals surface area contributed by atoms with E-state index in [1.807, 2.05) is 24.3 Å². The SMILES string of the molecule is N#CC1CCCN1C(=O)CNC(=O)c1ccc2c(Br)cccc2n1. The van der Waals surface area contributed by atoms with Gasteiger partial charge in [0.15, 0.2) is 0 Å². The van der Waals surface area contributed by atoms with Crippen molar-refractivity contribution < 1.29 is 9.59 Å². The molecule has 0 spiro atoms. The molecule has 3 rings (SSSR count). The topological polar surface area (TPSA) is 86.1 Å². The van der Waals surface area contributed by atoms with E-state index >= 15 is 0 Å². The van der Waals surface area contributed by atoms with E-state index in [1.165, 1.54) is 4.90 Å². The molecule has 7 heteroatoms. The van der Waals surface area contributed by atoms with E-state index in [4.69, 9.17) is 5.26 Å². The molecular weight excluding hydrogens is 372 g/mol. The number of benzene rings is 1. The Bertz CT molecular complexity index is 846. The Morgan fingerprint density at radius 3 is 3.00 bits per heavy atom. The number of carbonyl (C=O) groups excluding carboxylic acids is 2. The molecule has 0 saturated carbocycles. The zero-order valence-corrected chi connectivity index (χ0v) is 14.4. The lowest BCUT2D eigenvalue weighted by molar-refractivity contribution is -0.130. The van der Waals surface area contributed by atoms with Crippen LogP contribution in [0.25, 0.3) is 10.9 Å². The van der Waals surface area contributed by atoms with E-state index in [2.05, 4.69) is 32.3 Å². The van der Waals surface area contributed by atoms with Crippen LogP contribution in [0.1, 0.15) is 23.3 Å². The number of aromatic nitrogens is 1. The number of rotatable bonds is 3. The molecule has 24 heavy (non-hydrogen) atoms. The number of halogens is 1. The number of hydrogen-bond acceptors (Lipinski definition) is 4. The van der Waals surface area contributed by atoms with E-state index in [0.717, 1.165) is 16.3 Å². The highest BCUT2D eigenvalue weighted by molar-refractivity contribution is 9.10. The van der Waals surface area contributed by atoms with Crippen molar-refractivity contribution in [3.63, 3.8) is 0 Å². The van der Waals surface area contributed by atoms with Gasteiger partial charge in [0.05, 0.1) is 18.1 Å². The summed E-state index contributed by atoms with van der Waals surface area (Å²) in [6, 6.07) is 10.7. The molecule has 2 aromatic rings. The Kier molecular flexibility index (Phi) is 4.76. The van der Waals surface area contributed by atoms with Crippen LogP contribution in [0.5, 0.6) is 0 Å². The van der Waals surface area contributed by atoms with Gasteiger partial charge in [0.1, 0.15) is 11.7 Å². The minimum atomic E-state index is -0.405. The van der Waals surface area contributed by atoms with Gasteiger partial charge in [0.25, 0.3) is 5.91 Å².